The molecule has 1 aliphatic rings. The molecular weight excluding hydrogens is 370 g/mol. The quantitative estimate of drug-likeness (QED) is 0.736. The molecule has 1 saturated heterocycles. The van der Waals surface area contributed by atoms with E-state index in [0.717, 1.165) is 16.0 Å². The normalized spacial score (nSPS) is 18.6. The van der Waals surface area contributed by atoms with Gasteiger partial charge in [-0.25, -0.2) is 4.79 Å². The molecule has 7 nitrogen and oxygen atoms in total. The van der Waals surface area contributed by atoms with Gasteiger partial charge in [-0.15, -0.1) is 0 Å². The third kappa shape index (κ3) is 3.68. The highest BCUT2D eigenvalue weighted by Crippen LogP contribution is 2.33. The van der Waals surface area contributed by atoms with Gasteiger partial charge >= 0.3 is 6.03 Å². The Balaban J connectivity index is 1.81. The Labute approximate surface area is 170 Å². The number of nitrogens with zero attached hydrogens (tertiary/aromatic N) is 1. The molecule has 2 N–H and O–H groups in total. The first-order valence-electron chi connectivity index (χ1n) is 9.47. The number of ether oxygens (including phenoxy) is 1. The van der Waals surface area contributed by atoms with Crippen molar-refractivity contribution < 1.29 is 19.1 Å². The lowest BCUT2D eigenvalue weighted by atomic mass is 9.87. The fourth-order valence-electron chi connectivity index (χ4n) is 3.62. The minimum Gasteiger partial charge on any atom is -0.497 e. The molecule has 152 valence electrons. The standard InChI is InChI=1S/C22H25N3O4/c1-5-22(16-9-11-17(29-4)12-10-16)20(27)25(21(28)24-22)13-18(26)23-19-14(2)7-6-8-15(19)3/h6-12H,5,13H2,1-4H3,(H,23,26)(H,24,28)/t22-/m1/s1. The molecule has 1 atom stereocenters. The summed E-state index contributed by atoms with van der Waals surface area (Å²) >= 11 is 0. The number of nitrogens with one attached hydrogen (secondary N) is 2. The van der Waals surface area contributed by atoms with Crippen LogP contribution in [0.5, 0.6) is 5.75 Å². The van der Waals surface area contributed by atoms with Gasteiger partial charge in [0.25, 0.3) is 5.91 Å². The number of urea groups is 1. The summed E-state index contributed by atoms with van der Waals surface area (Å²) < 4.78 is 5.16. The van der Waals surface area contributed by atoms with Crippen LogP contribution in [0.1, 0.15) is 30.0 Å². The maximum Gasteiger partial charge on any atom is 0.325 e. The van der Waals surface area contributed by atoms with Gasteiger partial charge < -0.3 is 15.4 Å². The maximum absolute atomic E-state index is 13.2. The first-order valence-corrected chi connectivity index (χ1v) is 9.47. The number of amides is 4. The van der Waals surface area contributed by atoms with E-state index in [1.54, 1.807) is 31.4 Å². The number of benzene rings is 2. The number of para-hydroxylation sites is 1. The molecule has 0 bridgehead atoms. The molecule has 7 heteroatoms. The van der Waals surface area contributed by atoms with Gasteiger partial charge in [0.05, 0.1) is 7.11 Å². The van der Waals surface area contributed by atoms with E-state index < -0.39 is 23.4 Å². The average molecular weight is 395 g/mol. The summed E-state index contributed by atoms with van der Waals surface area (Å²) in [7, 11) is 1.56. The zero-order chi connectivity index (χ0) is 21.2. The number of imide groups is 1. The summed E-state index contributed by atoms with van der Waals surface area (Å²) in [5.41, 5.74) is 1.98. The second-order valence-electron chi connectivity index (χ2n) is 7.12. The SMILES string of the molecule is CC[C@]1(c2ccc(OC)cc2)NC(=O)N(CC(=O)Nc2c(C)cccc2C)C1=O. The summed E-state index contributed by atoms with van der Waals surface area (Å²) in [5, 5.41) is 5.60. The maximum atomic E-state index is 13.2. The molecule has 29 heavy (non-hydrogen) atoms. The van der Waals surface area contributed by atoms with Gasteiger partial charge in [-0.2, -0.15) is 0 Å². The third-order valence-electron chi connectivity index (χ3n) is 5.34. The summed E-state index contributed by atoms with van der Waals surface area (Å²) in [5.74, 6) is -0.207. The topological polar surface area (TPSA) is 87.7 Å². The van der Waals surface area contributed by atoms with Crippen molar-refractivity contribution in [3.8, 4) is 5.75 Å². The van der Waals surface area contributed by atoms with Crippen LogP contribution in [0.4, 0.5) is 10.5 Å². The highest BCUT2D eigenvalue weighted by molar-refractivity contribution is 6.10. The van der Waals surface area contributed by atoms with Gasteiger partial charge in [0.2, 0.25) is 5.91 Å². The first kappa shape index (κ1) is 20.4. The summed E-state index contributed by atoms with van der Waals surface area (Å²) in [4.78, 5) is 39.3. The molecule has 0 aromatic heterocycles. The molecule has 2 aromatic carbocycles. The van der Waals surface area contributed by atoms with Crippen molar-refractivity contribution in [2.75, 3.05) is 19.0 Å². The van der Waals surface area contributed by atoms with Gasteiger partial charge in [-0.05, 0) is 49.1 Å². The van der Waals surface area contributed by atoms with E-state index in [2.05, 4.69) is 10.6 Å². The molecule has 0 radical (unpaired) electrons. The number of rotatable bonds is 6. The fourth-order valence-corrected chi connectivity index (χ4v) is 3.62. The number of aryl methyl sites for hydroxylation is 2. The number of hydrogen-bond donors (Lipinski definition) is 2. The lowest BCUT2D eigenvalue weighted by molar-refractivity contribution is -0.134. The number of carbonyl (C=O) groups excluding carboxylic acids is 3. The predicted molar refractivity (Wildman–Crippen MR) is 110 cm³/mol. The molecule has 0 unspecified atom stereocenters. The summed E-state index contributed by atoms with van der Waals surface area (Å²) in [6.45, 7) is 5.25. The largest absolute Gasteiger partial charge is 0.497 e. The van der Waals surface area contributed by atoms with Crippen LogP contribution in [0.3, 0.4) is 0 Å². The molecule has 0 spiro atoms. The lowest BCUT2D eigenvalue weighted by Crippen LogP contribution is -2.44. The Morgan fingerprint density at radius 2 is 1.72 bits per heavy atom. The van der Waals surface area contributed by atoms with Crippen LogP contribution in [0.2, 0.25) is 0 Å². The highest BCUT2D eigenvalue weighted by atomic mass is 16.5. The second-order valence-corrected chi connectivity index (χ2v) is 7.12. The van der Waals surface area contributed by atoms with E-state index in [-0.39, 0.29) is 6.54 Å². The van der Waals surface area contributed by atoms with E-state index in [0.29, 0.717) is 23.4 Å². The van der Waals surface area contributed by atoms with Crippen LogP contribution >= 0.6 is 0 Å². The van der Waals surface area contributed by atoms with Crippen LogP contribution < -0.4 is 15.4 Å². The van der Waals surface area contributed by atoms with Crippen molar-refractivity contribution in [2.24, 2.45) is 0 Å². The molecule has 3 rings (SSSR count). The molecule has 1 aliphatic heterocycles. The van der Waals surface area contributed by atoms with E-state index in [9.17, 15) is 14.4 Å². The van der Waals surface area contributed by atoms with Crippen molar-refractivity contribution in [2.45, 2.75) is 32.7 Å². The predicted octanol–water partition coefficient (Wildman–Crippen LogP) is 3.11. The number of hydrogen-bond acceptors (Lipinski definition) is 4. The van der Waals surface area contributed by atoms with Crippen molar-refractivity contribution >= 4 is 23.5 Å². The van der Waals surface area contributed by atoms with Gasteiger partial charge in [0.15, 0.2) is 0 Å². The van der Waals surface area contributed by atoms with Crippen LogP contribution in [0, 0.1) is 13.8 Å². The molecular formula is C22H25N3O4. The van der Waals surface area contributed by atoms with E-state index in [1.165, 1.54) is 0 Å². The van der Waals surface area contributed by atoms with Gasteiger partial charge in [-0.3, -0.25) is 14.5 Å². The van der Waals surface area contributed by atoms with Crippen LogP contribution in [-0.2, 0) is 15.1 Å². The van der Waals surface area contributed by atoms with E-state index >= 15 is 0 Å². The Kier molecular flexibility index (Phi) is 5.59. The minimum atomic E-state index is -1.19. The zero-order valence-electron chi connectivity index (χ0n) is 17.0. The number of anilines is 1. The Morgan fingerprint density at radius 1 is 1.10 bits per heavy atom. The molecule has 2 aromatic rings. The molecule has 1 fully saturated rings. The van der Waals surface area contributed by atoms with E-state index in [1.807, 2.05) is 39.0 Å². The number of carbonyl (C=O) groups is 3. The molecule has 0 aliphatic carbocycles. The smallest absolute Gasteiger partial charge is 0.325 e. The van der Waals surface area contributed by atoms with Crippen LogP contribution in [0.15, 0.2) is 42.5 Å². The van der Waals surface area contributed by atoms with Crippen molar-refractivity contribution in [3.05, 3.63) is 59.2 Å². The lowest BCUT2D eigenvalue weighted by Gasteiger charge is -2.26. The second kappa shape index (κ2) is 7.95. The number of methoxy groups -OCH3 is 1. The van der Waals surface area contributed by atoms with Gasteiger partial charge in [-0.1, -0.05) is 37.3 Å². The summed E-state index contributed by atoms with van der Waals surface area (Å²) in [6, 6.07) is 12.1. The van der Waals surface area contributed by atoms with Crippen molar-refractivity contribution in [3.63, 3.8) is 0 Å². The Hall–Kier alpha value is -3.35. The highest BCUT2D eigenvalue weighted by Gasteiger charge is 2.51. The monoisotopic (exact) mass is 395 g/mol. The molecule has 1 heterocycles. The zero-order valence-corrected chi connectivity index (χ0v) is 17.0. The molecule has 4 amide bonds. The fraction of sp³-hybridized carbons (Fsp3) is 0.318. The Bertz CT molecular complexity index is 935. The van der Waals surface area contributed by atoms with Gasteiger partial charge in [0.1, 0.15) is 17.8 Å². The first-order chi connectivity index (χ1) is 13.8. The Morgan fingerprint density at radius 3 is 2.28 bits per heavy atom. The van der Waals surface area contributed by atoms with Crippen LogP contribution in [0.25, 0.3) is 0 Å². The summed E-state index contributed by atoms with van der Waals surface area (Å²) in [6.07, 6.45) is 0.360. The van der Waals surface area contributed by atoms with E-state index in [4.69, 9.17) is 4.74 Å². The van der Waals surface area contributed by atoms with Crippen LogP contribution in [-0.4, -0.2) is 36.4 Å². The minimum absolute atomic E-state index is 0.351. The molecule has 0 saturated carbocycles. The average Bonchev–Trinajstić information content (AvgIpc) is 2.96. The third-order valence-corrected chi connectivity index (χ3v) is 5.34. The van der Waals surface area contributed by atoms with Crippen molar-refractivity contribution in [1.29, 1.82) is 0 Å². The van der Waals surface area contributed by atoms with Crippen molar-refractivity contribution in [1.82, 2.24) is 10.2 Å². The van der Waals surface area contributed by atoms with Gasteiger partial charge in [0, 0.05) is 5.69 Å².